The molecule has 0 aromatic heterocycles. The number of para-hydroxylation sites is 1. The fourth-order valence-corrected chi connectivity index (χ4v) is 6.46. The Bertz CT molecular complexity index is 873. The van der Waals surface area contributed by atoms with Gasteiger partial charge in [0.2, 0.25) is 0 Å². The molecule has 0 atom stereocenters. The predicted octanol–water partition coefficient (Wildman–Crippen LogP) is 6.09. The first-order valence-corrected chi connectivity index (χ1v) is 20.6. The van der Waals surface area contributed by atoms with E-state index in [1.54, 1.807) is 0 Å². The Morgan fingerprint density at radius 3 is 1.27 bits per heavy atom. The Balaban J connectivity index is 0.000000735. The first-order chi connectivity index (χ1) is 14.1. The molecule has 0 amide bonds. The molecule has 158 valence electrons. The van der Waals surface area contributed by atoms with Crippen molar-refractivity contribution in [1.29, 1.82) is 0 Å². The maximum absolute atomic E-state index is 6.69. The van der Waals surface area contributed by atoms with E-state index in [1.807, 2.05) is 18.2 Å². The normalized spacial score (nSPS) is 10.8. The van der Waals surface area contributed by atoms with Gasteiger partial charge in [-0.05, 0) is 86.3 Å². The van der Waals surface area contributed by atoms with E-state index < -0.39 is 28.8 Å². The zero-order valence-electron chi connectivity index (χ0n) is 20.1. The van der Waals surface area contributed by atoms with Gasteiger partial charge in [0.25, 0.3) is 0 Å². The van der Waals surface area contributed by atoms with Gasteiger partial charge in [0, 0.05) is 0 Å². The average molecular weight is 523 g/mol. The van der Waals surface area contributed by atoms with Crippen LogP contribution in [0.25, 0.3) is 0 Å². The zero-order chi connectivity index (χ0) is 22.4. The molecule has 0 fully saturated rings. The number of aryl methyl sites for hydroxylation is 6. The average Bonchev–Trinajstić information content (AvgIpc) is 2.60. The molecular weight excluding hydrogens is 487 g/mol. The Morgan fingerprint density at radius 1 is 0.600 bits per heavy atom. The molecule has 0 aliphatic carbocycles. The van der Waals surface area contributed by atoms with E-state index in [2.05, 4.69) is 92.8 Å². The van der Waals surface area contributed by atoms with Gasteiger partial charge >= 0.3 is 43.6 Å². The van der Waals surface area contributed by atoms with Crippen molar-refractivity contribution in [2.24, 2.45) is 0 Å². The summed E-state index contributed by atoms with van der Waals surface area (Å²) < 4.78 is 6.69. The molecule has 0 aliphatic rings. The van der Waals surface area contributed by atoms with E-state index in [-0.39, 0.29) is 0 Å². The summed E-state index contributed by atoms with van der Waals surface area (Å²) in [6.45, 7) is 13.2. The van der Waals surface area contributed by atoms with Crippen molar-refractivity contribution in [1.82, 2.24) is 0 Å². The van der Waals surface area contributed by atoms with Crippen molar-refractivity contribution in [2.45, 2.75) is 56.4 Å². The molecular formula is C27H36OSiSn. The molecule has 0 saturated carbocycles. The minimum atomic E-state index is -1.41. The number of hydrogen-bond donors (Lipinski definition) is 0. The van der Waals surface area contributed by atoms with Gasteiger partial charge in [-0.15, -0.1) is 0 Å². The van der Waals surface area contributed by atoms with Crippen molar-refractivity contribution in [3.05, 3.63) is 88.0 Å². The Morgan fingerprint density at radius 2 is 0.933 bits per heavy atom. The van der Waals surface area contributed by atoms with Crippen LogP contribution in [0.15, 0.2) is 54.6 Å². The maximum atomic E-state index is 6.69. The third kappa shape index (κ3) is 6.74. The summed E-state index contributed by atoms with van der Waals surface area (Å²) in [4.78, 5) is 7.09. The standard InChI is InChI=1S/C24H27OSi.3CH3.Sn/c1-16-12-18(3)23(19(4)13-16)26(25-22-10-8-7-9-11-22)24-20(5)14-17(2)15-21(24)6;;;;/h7-15H,1-6H3;3*1H3;. The van der Waals surface area contributed by atoms with Crippen molar-refractivity contribution in [3.63, 3.8) is 0 Å². The summed E-state index contributed by atoms with van der Waals surface area (Å²) >= 11 is -0.543. The molecule has 0 saturated heterocycles. The van der Waals surface area contributed by atoms with Crippen LogP contribution in [0.4, 0.5) is 0 Å². The van der Waals surface area contributed by atoms with Gasteiger partial charge in [-0.1, -0.05) is 53.6 Å². The summed E-state index contributed by atoms with van der Waals surface area (Å²) in [5.41, 5.74) is 7.92. The second kappa shape index (κ2) is 11.2. The van der Waals surface area contributed by atoms with E-state index in [0.717, 1.165) is 5.75 Å². The van der Waals surface area contributed by atoms with Crippen molar-refractivity contribution >= 4 is 39.2 Å². The van der Waals surface area contributed by atoms with E-state index in [1.165, 1.54) is 43.8 Å². The van der Waals surface area contributed by atoms with Crippen molar-refractivity contribution in [2.75, 3.05) is 0 Å². The first-order valence-electron chi connectivity index (χ1n) is 10.6. The minimum absolute atomic E-state index is 0.543. The quantitative estimate of drug-likeness (QED) is 0.376. The first kappa shape index (κ1) is 24.7. The van der Waals surface area contributed by atoms with Crippen LogP contribution < -0.4 is 14.8 Å². The molecule has 3 aromatic carbocycles. The predicted molar refractivity (Wildman–Crippen MR) is 137 cm³/mol. The molecule has 2 radical (unpaired) electrons. The third-order valence-corrected chi connectivity index (χ3v) is 7.70. The second-order valence-electron chi connectivity index (χ2n) is 8.79. The zero-order valence-corrected chi connectivity index (χ0v) is 24.0. The summed E-state index contributed by atoms with van der Waals surface area (Å²) in [5, 5.41) is 2.75. The molecule has 3 aromatic rings. The van der Waals surface area contributed by atoms with Gasteiger partial charge in [0.05, 0.1) is 0 Å². The second-order valence-corrected chi connectivity index (χ2v) is 19.2. The summed E-state index contributed by atoms with van der Waals surface area (Å²) in [5.74, 6) is 0.945. The van der Waals surface area contributed by atoms with E-state index in [9.17, 15) is 0 Å². The van der Waals surface area contributed by atoms with Gasteiger partial charge in [0.15, 0.2) is 0 Å². The van der Waals surface area contributed by atoms with E-state index in [0.29, 0.717) is 0 Å². The van der Waals surface area contributed by atoms with Crippen LogP contribution in [0, 0.1) is 41.5 Å². The van der Waals surface area contributed by atoms with E-state index >= 15 is 0 Å². The van der Waals surface area contributed by atoms with Gasteiger partial charge in [-0.2, -0.15) is 0 Å². The molecule has 30 heavy (non-hydrogen) atoms. The topological polar surface area (TPSA) is 9.23 Å². The van der Waals surface area contributed by atoms with Crippen LogP contribution in [0.3, 0.4) is 0 Å². The summed E-state index contributed by atoms with van der Waals surface area (Å²) in [6, 6.07) is 19.3. The Kier molecular flexibility index (Phi) is 9.23. The molecule has 0 bridgehead atoms. The van der Waals surface area contributed by atoms with Gasteiger partial charge in [0.1, 0.15) is 5.75 Å². The van der Waals surface area contributed by atoms with E-state index in [4.69, 9.17) is 4.43 Å². The molecule has 3 heteroatoms. The SMILES string of the molecule is Cc1cc(C)c([Si](Oc2ccccc2)c2c(C)cc(C)cc2C)c(C)c1.[CH3][Sn]([CH3])[CH3]. The molecule has 0 aliphatic heterocycles. The van der Waals surface area contributed by atoms with Crippen LogP contribution >= 0.6 is 0 Å². The molecule has 0 heterocycles. The number of benzene rings is 3. The van der Waals surface area contributed by atoms with Gasteiger partial charge in [-0.3, -0.25) is 0 Å². The van der Waals surface area contributed by atoms with Crippen LogP contribution in [0.5, 0.6) is 5.75 Å². The molecule has 0 N–H and O–H groups in total. The fraction of sp³-hybridized carbons (Fsp3) is 0.333. The van der Waals surface area contributed by atoms with Crippen molar-refractivity contribution in [3.8, 4) is 5.75 Å². The number of hydrogen-bond acceptors (Lipinski definition) is 1. The van der Waals surface area contributed by atoms with Gasteiger partial charge in [-0.25, -0.2) is 0 Å². The fourth-order valence-electron chi connectivity index (χ4n) is 3.91. The molecule has 3 rings (SSSR count). The Hall–Kier alpha value is -1.52. The van der Waals surface area contributed by atoms with Gasteiger partial charge < -0.3 is 4.43 Å². The summed E-state index contributed by atoms with van der Waals surface area (Å²) in [6.07, 6.45) is 0. The van der Waals surface area contributed by atoms with Crippen LogP contribution in [0.2, 0.25) is 14.8 Å². The summed E-state index contributed by atoms with van der Waals surface area (Å²) in [7, 11) is -1.41. The van der Waals surface area contributed by atoms with Crippen LogP contribution in [-0.4, -0.2) is 28.8 Å². The van der Waals surface area contributed by atoms with Crippen LogP contribution in [-0.2, 0) is 0 Å². The number of rotatable bonds is 4. The molecule has 0 unspecified atom stereocenters. The van der Waals surface area contributed by atoms with Crippen LogP contribution in [0.1, 0.15) is 33.4 Å². The third-order valence-electron chi connectivity index (χ3n) is 4.77. The van der Waals surface area contributed by atoms with Crippen molar-refractivity contribution < 1.29 is 4.43 Å². The molecule has 0 spiro atoms. The Labute approximate surface area is 193 Å². The monoisotopic (exact) mass is 524 g/mol. The molecule has 1 nitrogen and oxygen atoms in total.